The lowest BCUT2D eigenvalue weighted by Gasteiger charge is -2.12. The van der Waals surface area contributed by atoms with Crippen LogP contribution in [0.2, 0.25) is 5.02 Å². The third kappa shape index (κ3) is 2.68. The Hall–Kier alpha value is -0.180. The molecule has 0 amide bonds. The maximum atomic E-state index is 12.4. The molecule has 0 aliphatic rings. The van der Waals surface area contributed by atoms with Crippen LogP contribution < -0.4 is 0 Å². The van der Waals surface area contributed by atoms with E-state index in [2.05, 4.69) is 4.98 Å². The number of pyridine rings is 1. The summed E-state index contributed by atoms with van der Waals surface area (Å²) in [6.45, 7) is 0. The molecule has 0 saturated carbocycles. The van der Waals surface area contributed by atoms with Crippen LogP contribution >= 0.6 is 34.2 Å². The highest BCUT2D eigenvalue weighted by atomic mass is 127. The van der Waals surface area contributed by atoms with Crippen molar-refractivity contribution in [1.82, 2.24) is 4.98 Å². The minimum Gasteiger partial charge on any atom is -0.249 e. The molecule has 8 heteroatoms. The second-order valence-electron chi connectivity index (χ2n) is 2.48. The first-order valence-corrected chi connectivity index (χ1v) is 4.90. The average molecular weight is 357 g/mol. The monoisotopic (exact) mass is 357 g/mol. The summed E-state index contributed by atoms with van der Waals surface area (Å²) in [5, 5.41) is -1.04. The van der Waals surface area contributed by atoms with Gasteiger partial charge in [0.1, 0.15) is 0 Å². The molecule has 0 N–H and O–H groups in total. The van der Waals surface area contributed by atoms with E-state index >= 15 is 0 Å². The predicted molar refractivity (Wildman–Crippen MR) is 51.9 cm³/mol. The molecule has 0 aliphatic carbocycles. The van der Waals surface area contributed by atoms with Crippen LogP contribution in [0.1, 0.15) is 17.7 Å². The summed E-state index contributed by atoms with van der Waals surface area (Å²) >= 11 is 6.68. The molecule has 1 rings (SSSR count). The molecule has 15 heavy (non-hydrogen) atoms. The van der Waals surface area contributed by atoms with Crippen LogP contribution in [0, 0.1) is 3.57 Å². The molecule has 0 spiro atoms. The number of aromatic nitrogens is 1. The summed E-state index contributed by atoms with van der Waals surface area (Å²) in [7, 11) is 0. The van der Waals surface area contributed by atoms with Crippen LogP contribution in [0.5, 0.6) is 0 Å². The van der Waals surface area contributed by atoms with Gasteiger partial charge in [0.25, 0.3) is 6.43 Å². The Kier molecular flexibility index (Phi) is 3.75. The first-order chi connectivity index (χ1) is 6.75. The molecule has 0 saturated heterocycles. The Balaban J connectivity index is 3.42. The molecule has 1 heterocycles. The minimum atomic E-state index is -4.83. The predicted octanol–water partition coefficient (Wildman–Crippen LogP) is 4.30. The van der Waals surface area contributed by atoms with Gasteiger partial charge in [-0.2, -0.15) is 13.2 Å². The number of hydrogen-bond acceptors (Lipinski definition) is 1. The summed E-state index contributed by atoms with van der Waals surface area (Å²) in [5.74, 6) is 0. The highest BCUT2D eigenvalue weighted by Gasteiger charge is 2.37. The van der Waals surface area contributed by atoms with Gasteiger partial charge in [-0.25, -0.2) is 13.8 Å². The minimum absolute atomic E-state index is 0.0967. The molecule has 0 fully saturated rings. The van der Waals surface area contributed by atoms with Crippen LogP contribution in [0.15, 0.2) is 6.20 Å². The molecule has 0 aromatic carbocycles. The molecule has 0 radical (unpaired) electrons. The van der Waals surface area contributed by atoms with Gasteiger partial charge in [-0.05, 0) is 22.6 Å². The van der Waals surface area contributed by atoms with Gasteiger partial charge >= 0.3 is 6.18 Å². The lowest BCUT2D eigenvalue weighted by molar-refractivity contribution is -0.141. The number of rotatable bonds is 1. The Morgan fingerprint density at radius 2 is 1.87 bits per heavy atom. The molecule has 0 aliphatic heterocycles. The van der Waals surface area contributed by atoms with E-state index in [1.165, 1.54) is 22.6 Å². The van der Waals surface area contributed by atoms with Crippen molar-refractivity contribution in [3.8, 4) is 0 Å². The second-order valence-corrected chi connectivity index (χ2v) is 4.02. The normalized spacial score (nSPS) is 12.3. The maximum absolute atomic E-state index is 12.4. The van der Waals surface area contributed by atoms with Crippen molar-refractivity contribution in [2.75, 3.05) is 0 Å². The fraction of sp³-hybridized carbons (Fsp3) is 0.286. The highest BCUT2D eigenvalue weighted by Crippen LogP contribution is 2.39. The zero-order chi connectivity index (χ0) is 11.8. The molecule has 0 unspecified atom stereocenters. The van der Waals surface area contributed by atoms with Gasteiger partial charge in [-0.1, -0.05) is 11.6 Å². The summed E-state index contributed by atoms with van der Waals surface area (Å²) < 4.78 is 61.3. The Bertz CT molecular complexity index is 378. The zero-order valence-corrected chi connectivity index (χ0v) is 9.66. The smallest absolute Gasteiger partial charge is 0.249 e. The van der Waals surface area contributed by atoms with Crippen LogP contribution in [-0.2, 0) is 6.18 Å². The van der Waals surface area contributed by atoms with Crippen molar-refractivity contribution in [1.29, 1.82) is 0 Å². The van der Waals surface area contributed by atoms with Gasteiger partial charge in [0.2, 0.25) is 0 Å². The molecule has 1 aromatic heterocycles. The van der Waals surface area contributed by atoms with Crippen molar-refractivity contribution in [3.05, 3.63) is 26.0 Å². The van der Waals surface area contributed by atoms with E-state index < -0.39 is 28.9 Å². The molecule has 1 nitrogen and oxygen atoms in total. The quantitative estimate of drug-likeness (QED) is 0.540. The summed E-state index contributed by atoms with van der Waals surface area (Å²) in [4.78, 5) is 2.99. The molecular formula is C7H2ClF5IN. The average Bonchev–Trinajstić information content (AvgIpc) is 2.00. The van der Waals surface area contributed by atoms with E-state index in [9.17, 15) is 22.0 Å². The zero-order valence-electron chi connectivity index (χ0n) is 6.75. The van der Waals surface area contributed by atoms with Crippen molar-refractivity contribution < 1.29 is 22.0 Å². The number of halogens is 7. The molecule has 1 aromatic rings. The fourth-order valence-electron chi connectivity index (χ4n) is 0.877. The van der Waals surface area contributed by atoms with Gasteiger partial charge in [-0.3, -0.25) is 0 Å². The fourth-order valence-corrected chi connectivity index (χ4v) is 2.02. The Labute approximate surface area is 99.8 Å². The van der Waals surface area contributed by atoms with E-state index in [4.69, 9.17) is 11.6 Å². The van der Waals surface area contributed by atoms with E-state index in [1.54, 1.807) is 0 Å². The van der Waals surface area contributed by atoms with Crippen molar-refractivity contribution >= 4 is 34.2 Å². The number of alkyl halides is 5. The first kappa shape index (κ1) is 12.9. The summed E-state index contributed by atoms with van der Waals surface area (Å²) in [6.07, 6.45) is -7.17. The van der Waals surface area contributed by atoms with Gasteiger partial charge in [0.15, 0.2) is 5.69 Å². The Morgan fingerprint density at radius 1 is 1.33 bits per heavy atom. The third-order valence-corrected chi connectivity index (χ3v) is 2.74. The highest BCUT2D eigenvalue weighted by molar-refractivity contribution is 14.1. The lowest BCUT2D eigenvalue weighted by atomic mass is 10.2. The Morgan fingerprint density at radius 3 is 2.27 bits per heavy atom. The van der Waals surface area contributed by atoms with E-state index in [0.717, 1.165) is 6.20 Å². The molecule has 0 atom stereocenters. The van der Waals surface area contributed by atoms with Crippen molar-refractivity contribution in [2.45, 2.75) is 12.6 Å². The van der Waals surface area contributed by atoms with E-state index in [0.29, 0.717) is 0 Å². The van der Waals surface area contributed by atoms with Crippen molar-refractivity contribution in [2.24, 2.45) is 0 Å². The van der Waals surface area contributed by atoms with Gasteiger partial charge in [0, 0.05) is 9.77 Å². The topological polar surface area (TPSA) is 12.9 Å². The van der Waals surface area contributed by atoms with Crippen molar-refractivity contribution in [3.63, 3.8) is 0 Å². The van der Waals surface area contributed by atoms with Crippen LogP contribution in [0.25, 0.3) is 0 Å². The number of nitrogens with zero attached hydrogens (tertiary/aromatic N) is 1. The van der Waals surface area contributed by atoms with Gasteiger partial charge in [-0.15, -0.1) is 0 Å². The summed E-state index contributed by atoms with van der Waals surface area (Å²) in [5.41, 5.74) is -2.32. The van der Waals surface area contributed by atoms with Gasteiger partial charge in [0.05, 0.1) is 10.6 Å². The van der Waals surface area contributed by atoms with E-state index in [1.807, 2.05) is 0 Å². The molecular weight excluding hydrogens is 355 g/mol. The maximum Gasteiger partial charge on any atom is 0.434 e. The standard InChI is InChI=1S/C7H2ClF5IN/c8-4-3(6(9)10)2(14)1-15-5(4)7(11,12)13/h1,6H. The molecule has 84 valence electrons. The van der Waals surface area contributed by atoms with Gasteiger partial charge < -0.3 is 0 Å². The number of hydrogen-bond donors (Lipinski definition) is 0. The summed E-state index contributed by atoms with van der Waals surface area (Å²) in [6, 6.07) is 0. The van der Waals surface area contributed by atoms with Crippen LogP contribution in [0.3, 0.4) is 0 Å². The SMILES string of the molecule is FC(F)c1c(I)cnc(C(F)(F)F)c1Cl. The second kappa shape index (κ2) is 4.36. The van der Waals surface area contributed by atoms with Crippen LogP contribution in [-0.4, -0.2) is 4.98 Å². The lowest BCUT2D eigenvalue weighted by Crippen LogP contribution is -2.11. The molecule has 0 bridgehead atoms. The van der Waals surface area contributed by atoms with E-state index in [-0.39, 0.29) is 3.57 Å². The first-order valence-electron chi connectivity index (χ1n) is 3.44. The third-order valence-electron chi connectivity index (χ3n) is 1.50. The van der Waals surface area contributed by atoms with Crippen LogP contribution in [0.4, 0.5) is 22.0 Å². The largest absolute Gasteiger partial charge is 0.434 e.